The number of morpholine rings is 1. The van der Waals surface area contributed by atoms with Gasteiger partial charge in [0.25, 0.3) is 0 Å². The molecule has 1 aliphatic rings. The average Bonchev–Trinajstić information content (AvgIpc) is 3.21. The minimum atomic E-state index is -0.168. The van der Waals surface area contributed by atoms with Crippen LogP contribution in [0.2, 0.25) is 0 Å². The molecule has 0 saturated carbocycles. The number of aromatic amines is 1. The van der Waals surface area contributed by atoms with E-state index >= 15 is 0 Å². The Labute approximate surface area is 134 Å². The molecule has 1 N–H and O–H groups in total. The molecule has 23 heavy (non-hydrogen) atoms. The fourth-order valence-corrected chi connectivity index (χ4v) is 2.62. The summed E-state index contributed by atoms with van der Waals surface area (Å²) in [7, 11) is 0. The molecule has 2 aromatic rings. The fourth-order valence-electron chi connectivity index (χ4n) is 2.62. The molecule has 1 amide bonds. The summed E-state index contributed by atoms with van der Waals surface area (Å²) >= 11 is 0. The van der Waals surface area contributed by atoms with Gasteiger partial charge in [-0.25, -0.2) is 4.98 Å². The van der Waals surface area contributed by atoms with Gasteiger partial charge in [0.2, 0.25) is 11.8 Å². The lowest BCUT2D eigenvalue weighted by Gasteiger charge is -2.34. The van der Waals surface area contributed by atoms with Gasteiger partial charge in [0.15, 0.2) is 5.82 Å². The molecule has 2 aromatic heterocycles. The van der Waals surface area contributed by atoms with Crippen LogP contribution in [0.5, 0.6) is 0 Å². The lowest BCUT2D eigenvalue weighted by Crippen LogP contribution is -2.44. The molecule has 0 spiro atoms. The van der Waals surface area contributed by atoms with Crippen LogP contribution in [0.25, 0.3) is 0 Å². The Bertz CT molecular complexity index is 666. The van der Waals surface area contributed by atoms with Crippen molar-refractivity contribution in [3.8, 4) is 0 Å². The highest BCUT2D eigenvalue weighted by Crippen LogP contribution is 2.23. The zero-order chi connectivity index (χ0) is 16.2. The van der Waals surface area contributed by atoms with E-state index in [1.807, 2.05) is 18.7 Å². The van der Waals surface area contributed by atoms with E-state index in [-0.39, 0.29) is 11.9 Å². The number of carbonyl (C=O) groups is 1. The minimum Gasteiger partial charge on any atom is -0.377 e. The maximum absolute atomic E-state index is 12.6. The number of ether oxygens (including phenoxy) is 1. The molecule has 0 aliphatic carbocycles. The summed E-state index contributed by atoms with van der Waals surface area (Å²) in [6, 6.07) is -0.168. The first kappa shape index (κ1) is 15.7. The Morgan fingerprint density at radius 1 is 1.52 bits per heavy atom. The molecular formula is C15H21N5O3. The standard InChI is InChI=1S/C15H21N5O3/c1-3-12-18-13(23-19-12)4-5-14(21)20-6-7-22-9-11(20)15-16-8-10(2)17-15/h8,11H,3-7,9H2,1-2H3,(H,16,17)/t11-/m0/s1. The highest BCUT2D eigenvalue weighted by atomic mass is 16.5. The lowest BCUT2D eigenvalue weighted by atomic mass is 10.1. The van der Waals surface area contributed by atoms with Gasteiger partial charge in [0.1, 0.15) is 11.9 Å². The number of hydrogen-bond donors (Lipinski definition) is 1. The number of nitrogens with one attached hydrogen (secondary N) is 1. The molecule has 124 valence electrons. The van der Waals surface area contributed by atoms with E-state index in [0.29, 0.717) is 44.3 Å². The Balaban J connectivity index is 1.64. The first-order chi connectivity index (χ1) is 11.2. The maximum Gasteiger partial charge on any atom is 0.227 e. The number of amides is 1. The normalized spacial score (nSPS) is 18.3. The number of hydrogen-bond acceptors (Lipinski definition) is 6. The molecule has 8 nitrogen and oxygen atoms in total. The van der Waals surface area contributed by atoms with Crippen molar-refractivity contribution in [1.29, 1.82) is 0 Å². The lowest BCUT2D eigenvalue weighted by molar-refractivity contribution is -0.140. The number of H-pyrrole nitrogens is 1. The van der Waals surface area contributed by atoms with E-state index in [9.17, 15) is 4.79 Å². The zero-order valence-electron chi connectivity index (χ0n) is 13.4. The van der Waals surface area contributed by atoms with Gasteiger partial charge in [-0.2, -0.15) is 4.98 Å². The molecule has 0 radical (unpaired) electrons. The Morgan fingerprint density at radius 2 is 2.39 bits per heavy atom. The summed E-state index contributed by atoms with van der Waals surface area (Å²) in [4.78, 5) is 26.2. The molecule has 3 heterocycles. The second-order valence-corrected chi connectivity index (χ2v) is 5.59. The summed E-state index contributed by atoms with van der Waals surface area (Å²) in [6.07, 6.45) is 3.27. The topological polar surface area (TPSA) is 97.1 Å². The van der Waals surface area contributed by atoms with Crippen molar-refractivity contribution in [3.63, 3.8) is 0 Å². The fraction of sp³-hybridized carbons (Fsp3) is 0.600. The van der Waals surface area contributed by atoms with Crippen molar-refractivity contribution in [1.82, 2.24) is 25.0 Å². The Kier molecular flexibility index (Phi) is 4.71. The van der Waals surface area contributed by atoms with Gasteiger partial charge in [0, 0.05) is 37.7 Å². The molecule has 0 bridgehead atoms. The third-order valence-electron chi connectivity index (χ3n) is 3.87. The second kappa shape index (κ2) is 6.91. The summed E-state index contributed by atoms with van der Waals surface area (Å²) in [5.74, 6) is 1.99. The SMILES string of the molecule is CCc1noc(CCC(=O)N2CCOC[C@H]2c2ncc(C)[nH]2)n1. The maximum atomic E-state index is 12.6. The number of aromatic nitrogens is 4. The van der Waals surface area contributed by atoms with Gasteiger partial charge in [-0.1, -0.05) is 12.1 Å². The van der Waals surface area contributed by atoms with E-state index in [0.717, 1.165) is 17.9 Å². The quantitative estimate of drug-likeness (QED) is 0.889. The van der Waals surface area contributed by atoms with Crippen LogP contribution in [0.4, 0.5) is 0 Å². The van der Waals surface area contributed by atoms with Crippen molar-refractivity contribution in [3.05, 3.63) is 29.4 Å². The van der Waals surface area contributed by atoms with Crippen LogP contribution in [-0.4, -0.2) is 50.7 Å². The summed E-state index contributed by atoms with van der Waals surface area (Å²) in [5.41, 5.74) is 0.968. The second-order valence-electron chi connectivity index (χ2n) is 5.59. The van der Waals surface area contributed by atoms with Crippen LogP contribution in [0.15, 0.2) is 10.7 Å². The van der Waals surface area contributed by atoms with Gasteiger partial charge in [0.05, 0.1) is 13.2 Å². The number of carbonyl (C=O) groups excluding carboxylic acids is 1. The van der Waals surface area contributed by atoms with Gasteiger partial charge in [-0.05, 0) is 6.92 Å². The number of aryl methyl sites for hydroxylation is 3. The molecule has 1 saturated heterocycles. The largest absolute Gasteiger partial charge is 0.377 e. The first-order valence-corrected chi connectivity index (χ1v) is 7.87. The molecule has 0 aromatic carbocycles. The van der Waals surface area contributed by atoms with E-state index in [1.54, 1.807) is 6.20 Å². The van der Waals surface area contributed by atoms with E-state index in [1.165, 1.54) is 0 Å². The van der Waals surface area contributed by atoms with Crippen molar-refractivity contribution in [2.24, 2.45) is 0 Å². The first-order valence-electron chi connectivity index (χ1n) is 7.87. The minimum absolute atomic E-state index is 0.0450. The van der Waals surface area contributed by atoms with Crippen LogP contribution in [0.1, 0.15) is 42.6 Å². The molecule has 1 aliphatic heterocycles. The van der Waals surface area contributed by atoms with Gasteiger partial charge < -0.3 is 19.1 Å². The molecule has 1 fully saturated rings. The zero-order valence-corrected chi connectivity index (χ0v) is 13.4. The third-order valence-corrected chi connectivity index (χ3v) is 3.87. The molecule has 8 heteroatoms. The molecule has 0 unspecified atom stereocenters. The number of rotatable bonds is 5. The predicted molar refractivity (Wildman–Crippen MR) is 80.6 cm³/mol. The van der Waals surface area contributed by atoms with Gasteiger partial charge >= 0.3 is 0 Å². The van der Waals surface area contributed by atoms with Crippen LogP contribution in [0.3, 0.4) is 0 Å². The van der Waals surface area contributed by atoms with E-state index < -0.39 is 0 Å². The van der Waals surface area contributed by atoms with Crippen LogP contribution < -0.4 is 0 Å². The molecule has 1 atom stereocenters. The summed E-state index contributed by atoms with van der Waals surface area (Å²) in [5, 5.41) is 3.84. The van der Waals surface area contributed by atoms with Crippen LogP contribution in [0, 0.1) is 6.92 Å². The van der Waals surface area contributed by atoms with Crippen molar-refractivity contribution >= 4 is 5.91 Å². The van der Waals surface area contributed by atoms with E-state index in [2.05, 4.69) is 20.1 Å². The smallest absolute Gasteiger partial charge is 0.227 e. The highest BCUT2D eigenvalue weighted by molar-refractivity contribution is 5.76. The molecular weight excluding hydrogens is 298 g/mol. The molecule has 3 rings (SSSR count). The number of imidazole rings is 1. The van der Waals surface area contributed by atoms with Gasteiger partial charge in [-0.15, -0.1) is 0 Å². The van der Waals surface area contributed by atoms with Crippen LogP contribution >= 0.6 is 0 Å². The monoisotopic (exact) mass is 319 g/mol. The summed E-state index contributed by atoms with van der Waals surface area (Å²) in [6.45, 7) is 5.46. The summed E-state index contributed by atoms with van der Waals surface area (Å²) < 4.78 is 10.6. The number of nitrogens with zero attached hydrogens (tertiary/aromatic N) is 4. The van der Waals surface area contributed by atoms with Crippen LogP contribution in [-0.2, 0) is 22.4 Å². The average molecular weight is 319 g/mol. The highest BCUT2D eigenvalue weighted by Gasteiger charge is 2.30. The van der Waals surface area contributed by atoms with Gasteiger partial charge in [-0.3, -0.25) is 4.79 Å². The predicted octanol–water partition coefficient (Wildman–Crippen LogP) is 1.20. The van der Waals surface area contributed by atoms with Crippen molar-refractivity contribution in [2.45, 2.75) is 39.2 Å². The Hall–Kier alpha value is -2.22. The van der Waals surface area contributed by atoms with Crippen molar-refractivity contribution < 1.29 is 14.1 Å². The van der Waals surface area contributed by atoms with Crippen molar-refractivity contribution in [2.75, 3.05) is 19.8 Å². The van der Waals surface area contributed by atoms with E-state index in [4.69, 9.17) is 9.26 Å². The third kappa shape index (κ3) is 3.58. The Morgan fingerprint density at radius 3 is 3.09 bits per heavy atom.